The summed E-state index contributed by atoms with van der Waals surface area (Å²) in [6.45, 7) is 4.21. The second-order valence-corrected chi connectivity index (χ2v) is 5.23. The molecule has 0 spiro atoms. The number of halogens is 1. The minimum Gasteiger partial charge on any atom is -0.258 e. The lowest BCUT2D eigenvalue weighted by Crippen LogP contribution is -2.09. The zero-order valence-corrected chi connectivity index (χ0v) is 10.4. The van der Waals surface area contributed by atoms with E-state index >= 15 is 0 Å². The molecule has 1 aromatic carbocycles. The van der Waals surface area contributed by atoms with E-state index in [1.165, 1.54) is 6.07 Å². The standard InChI is InChI=1S/C11H14BrNO2/c1-8(9(2)12)6-10-4-3-5-11(7-10)13(14)15/h3-5,7-9H,6H2,1-2H3. The molecule has 0 N–H and O–H groups in total. The van der Waals surface area contributed by atoms with Crippen LogP contribution < -0.4 is 0 Å². The first-order valence-corrected chi connectivity index (χ1v) is 5.79. The quantitative estimate of drug-likeness (QED) is 0.478. The zero-order valence-electron chi connectivity index (χ0n) is 8.81. The Bertz CT molecular complexity index is 352. The summed E-state index contributed by atoms with van der Waals surface area (Å²) < 4.78 is 0. The molecule has 0 aliphatic heterocycles. The highest BCUT2D eigenvalue weighted by atomic mass is 79.9. The van der Waals surface area contributed by atoms with Crippen molar-refractivity contribution in [3.8, 4) is 0 Å². The molecule has 0 bridgehead atoms. The van der Waals surface area contributed by atoms with Gasteiger partial charge < -0.3 is 0 Å². The second-order valence-electron chi connectivity index (χ2n) is 3.79. The molecule has 1 rings (SSSR count). The van der Waals surface area contributed by atoms with E-state index in [-0.39, 0.29) is 10.6 Å². The average molecular weight is 272 g/mol. The van der Waals surface area contributed by atoms with Crippen LogP contribution in [0.3, 0.4) is 0 Å². The summed E-state index contributed by atoms with van der Waals surface area (Å²) >= 11 is 3.51. The fraction of sp³-hybridized carbons (Fsp3) is 0.455. The Balaban J connectivity index is 2.78. The SMILES string of the molecule is CC(Br)C(C)Cc1cccc([N+](=O)[O-])c1. The summed E-state index contributed by atoms with van der Waals surface area (Å²) in [5.41, 5.74) is 1.19. The molecule has 15 heavy (non-hydrogen) atoms. The van der Waals surface area contributed by atoms with E-state index in [1.54, 1.807) is 12.1 Å². The van der Waals surface area contributed by atoms with Gasteiger partial charge in [-0.1, -0.05) is 41.9 Å². The van der Waals surface area contributed by atoms with Crippen LogP contribution in [0.4, 0.5) is 5.69 Å². The zero-order chi connectivity index (χ0) is 11.4. The smallest absolute Gasteiger partial charge is 0.258 e. The van der Waals surface area contributed by atoms with Crippen LogP contribution >= 0.6 is 15.9 Å². The number of nitro groups is 1. The lowest BCUT2D eigenvalue weighted by molar-refractivity contribution is -0.384. The molecule has 3 nitrogen and oxygen atoms in total. The average Bonchev–Trinajstić information content (AvgIpc) is 2.18. The molecule has 2 unspecified atom stereocenters. The first-order valence-electron chi connectivity index (χ1n) is 4.88. The van der Waals surface area contributed by atoms with Crippen molar-refractivity contribution in [3.63, 3.8) is 0 Å². The minimum atomic E-state index is -0.355. The summed E-state index contributed by atoms with van der Waals surface area (Å²) in [7, 11) is 0. The maximum absolute atomic E-state index is 10.6. The molecule has 0 fully saturated rings. The van der Waals surface area contributed by atoms with Crippen molar-refractivity contribution in [1.29, 1.82) is 0 Å². The third kappa shape index (κ3) is 3.63. The molecular weight excluding hydrogens is 258 g/mol. The minimum absolute atomic E-state index is 0.168. The Kier molecular flexibility index (Phi) is 4.27. The van der Waals surface area contributed by atoms with Gasteiger partial charge in [-0.3, -0.25) is 10.1 Å². The van der Waals surface area contributed by atoms with Gasteiger partial charge in [-0.2, -0.15) is 0 Å². The number of alkyl halides is 1. The van der Waals surface area contributed by atoms with Crippen LogP contribution in [0.25, 0.3) is 0 Å². The molecule has 82 valence electrons. The van der Waals surface area contributed by atoms with Crippen LogP contribution in [0, 0.1) is 16.0 Å². The van der Waals surface area contributed by atoms with Crippen molar-refractivity contribution in [2.45, 2.75) is 25.1 Å². The summed E-state index contributed by atoms with van der Waals surface area (Å²) in [5, 5.41) is 10.6. The maximum Gasteiger partial charge on any atom is 0.269 e. The lowest BCUT2D eigenvalue weighted by atomic mass is 9.98. The summed E-state index contributed by atoms with van der Waals surface area (Å²) in [4.78, 5) is 10.6. The number of rotatable bonds is 4. The third-order valence-electron chi connectivity index (χ3n) is 2.46. The van der Waals surface area contributed by atoms with Crippen LogP contribution in [-0.4, -0.2) is 9.75 Å². The molecule has 0 amide bonds. The van der Waals surface area contributed by atoms with Crippen LogP contribution in [0.1, 0.15) is 19.4 Å². The second kappa shape index (κ2) is 5.26. The molecule has 0 radical (unpaired) electrons. The summed E-state index contributed by atoms with van der Waals surface area (Å²) in [5.74, 6) is 0.465. The van der Waals surface area contributed by atoms with Gasteiger partial charge in [0.25, 0.3) is 5.69 Å². The van der Waals surface area contributed by atoms with Gasteiger partial charge in [-0.05, 0) is 17.9 Å². The first-order chi connectivity index (χ1) is 7.00. The Hall–Kier alpha value is -0.900. The predicted octanol–water partition coefficient (Wildman–Crippen LogP) is 3.56. The highest BCUT2D eigenvalue weighted by molar-refractivity contribution is 9.09. The molecule has 0 aliphatic carbocycles. The fourth-order valence-corrected chi connectivity index (χ4v) is 1.52. The number of non-ortho nitro benzene ring substituents is 1. The van der Waals surface area contributed by atoms with Crippen molar-refractivity contribution < 1.29 is 4.92 Å². The van der Waals surface area contributed by atoms with Crippen LogP contribution in [0.15, 0.2) is 24.3 Å². The van der Waals surface area contributed by atoms with E-state index in [1.807, 2.05) is 6.07 Å². The van der Waals surface area contributed by atoms with Gasteiger partial charge in [0.1, 0.15) is 0 Å². The Labute approximate surface area is 97.8 Å². The van der Waals surface area contributed by atoms with Gasteiger partial charge in [0.15, 0.2) is 0 Å². The molecule has 0 aliphatic rings. The number of nitro benzene ring substituents is 1. The third-order valence-corrected chi connectivity index (χ3v) is 3.37. The van der Waals surface area contributed by atoms with Crippen molar-refractivity contribution >= 4 is 21.6 Å². The van der Waals surface area contributed by atoms with E-state index in [4.69, 9.17) is 0 Å². The van der Waals surface area contributed by atoms with Crippen LogP contribution in [-0.2, 0) is 6.42 Å². The molecule has 0 saturated carbocycles. The molecule has 4 heteroatoms. The van der Waals surface area contributed by atoms with Crippen molar-refractivity contribution in [2.24, 2.45) is 5.92 Å². The van der Waals surface area contributed by atoms with Crippen molar-refractivity contribution in [1.82, 2.24) is 0 Å². The van der Waals surface area contributed by atoms with E-state index in [0.29, 0.717) is 10.7 Å². The van der Waals surface area contributed by atoms with Crippen LogP contribution in [0.2, 0.25) is 0 Å². The topological polar surface area (TPSA) is 43.1 Å². The summed E-state index contributed by atoms with van der Waals surface area (Å²) in [6.07, 6.45) is 0.855. The van der Waals surface area contributed by atoms with Crippen molar-refractivity contribution in [3.05, 3.63) is 39.9 Å². The molecule has 0 saturated heterocycles. The normalized spacial score (nSPS) is 14.6. The molecule has 2 atom stereocenters. The Morgan fingerprint density at radius 1 is 1.47 bits per heavy atom. The van der Waals surface area contributed by atoms with Crippen LogP contribution in [0.5, 0.6) is 0 Å². The number of nitrogens with zero attached hydrogens (tertiary/aromatic N) is 1. The molecule has 0 heterocycles. The van der Waals surface area contributed by atoms with E-state index in [0.717, 1.165) is 12.0 Å². The van der Waals surface area contributed by atoms with E-state index in [9.17, 15) is 10.1 Å². The summed E-state index contributed by atoms with van der Waals surface area (Å²) in [6, 6.07) is 6.83. The Morgan fingerprint density at radius 2 is 2.13 bits per heavy atom. The Morgan fingerprint density at radius 3 is 2.67 bits per heavy atom. The molecule has 1 aromatic rings. The predicted molar refractivity (Wildman–Crippen MR) is 64.4 cm³/mol. The van der Waals surface area contributed by atoms with Gasteiger partial charge in [0, 0.05) is 17.0 Å². The van der Waals surface area contributed by atoms with E-state index in [2.05, 4.69) is 29.8 Å². The number of hydrogen-bond acceptors (Lipinski definition) is 2. The first kappa shape index (κ1) is 12.2. The van der Waals surface area contributed by atoms with Gasteiger partial charge in [0.2, 0.25) is 0 Å². The molecule has 0 aromatic heterocycles. The monoisotopic (exact) mass is 271 g/mol. The van der Waals surface area contributed by atoms with Gasteiger partial charge in [-0.15, -0.1) is 0 Å². The van der Waals surface area contributed by atoms with Crippen molar-refractivity contribution in [2.75, 3.05) is 0 Å². The lowest BCUT2D eigenvalue weighted by Gasteiger charge is -2.13. The highest BCUT2D eigenvalue weighted by Crippen LogP contribution is 2.20. The number of hydrogen-bond donors (Lipinski definition) is 0. The highest BCUT2D eigenvalue weighted by Gasteiger charge is 2.11. The maximum atomic E-state index is 10.6. The van der Waals surface area contributed by atoms with E-state index < -0.39 is 0 Å². The number of benzene rings is 1. The van der Waals surface area contributed by atoms with Gasteiger partial charge >= 0.3 is 0 Å². The van der Waals surface area contributed by atoms with Gasteiger partial charge in [0.05, 0.1) is 4.92 Å². The molecular formula is C11H14BrNO2. The largest absolute Gasteiger partial charge is 0.269 e. The fourth-order valence-electron chi connectivity index (χ4n) is 1.33. The van der Waals surface area contributed by atoms with Gasteiger partial charge in [-0.25, -0.2) is 0 Å².